The molecule has 1 N–H and O–H groups in total. The number of aliphatic hydroxyl groups excluding tert-OH is 1. The molecule has 2 heteroatoms. The molecule has 0 saturated carbocycles. The molecule has 0 bridgehead atoms. The number of rotatable bonds is 5. The van der Waals surface area contributed by atoms with Crippen LogP contribution in [-0.2, 0) is 4.79 Å². The molecule has 0 radical (unpaired) electrons. The highest BCUT2D eigenvalue weighted by Crippen LogP contribution is 1.99. The van der Waals surface area contributed by atoms with E-state index in [0.29, 0.717) is 6.42 Å². The second-order valence-electron chi connectivity index (χ2n) is 1.92. The van der Waals surface area contributed by atoms with Crippen molar-refractivity contribution < 1.29 is 9.90 Å². The Morgan fingerprint density at radius 3 is 2.78 bits per heavy atom. The predicted molar refractivity (Wildman–Crippen MR) is 36.1 cm³/mol. The van der Waals surface area contributed by atoms with Crippen molar-refractivity contribution in [1.29, 1.82) is 0 Å². The van der Waals surface area contributed by atoms with Crippen molar-refractivity contribution in [2.75, 3.05) is 0 Å². The third-order valence-electron chi connectivity index (χ3n) is 1.07. The zero-order chi connectivity index (χ0) is 7.11. The van der Waals surface area contributed by atoms with Gasteiger partial charge in [0.25, 0.3) is 0 Å². The van der Waals surface area contributed by atoms with Gasteiger partial charge in [0.2, 0.25) is 0 Å². The summed E-state index contributed by atoms with van der Waals surface area (Å²) in [6.07, 6.45) is 3.65. The van der Waals surface area contributed by atoms with Crippen LogP contribution in [0, 0.1) is 0 Å². The highest BCUT2D eigenvalue weighted by atomic mass is 16.3. The van der Waals surface area contributed by atoms with Crippen LogP contribution < -0.4 is 0 Å². The van der Waals surface area contributed by atoms with Gasteiger partial charge in [0.1, 0.15) is 6.29 Å². The molecule has 1 unspecified atom stereocenters. The lowest BCUT2D eigenvalue weighted by atomic mass is 10.1. The summed E-state index contributed by atoms with van der Waals surface area (Å²) in [5.41, 5.74) is 0. The number of carbonyl (C=O) groups is 1. The zero-order valence-corrected chi connectivity index (χ0v) is 5.42. The predicted octanol–water partition coefficient (Wildman–Crippen LogP) is 0.903. The van der Waals surface area contributed by atoms with E-state index in [-0.39, 0.29) is 6.42 Å². The molecule has 0 aliphatic rings. The summed E-state index contributed by atoms with van der Waals surface area (Å²) in [5.74, 6) is 0. The van der Waals surface area contributed by atoms with Gasteiger partial charge in [0.05, 0.1) is 6.10 Å². The van der Waals surface area contributed by atoms with E-state index in [1.807, 2.05) is 0 Å². The maximum Gasteiger partial charge on any atom is 0.122 e. The van der Waals surface area contributed by atoms with E-state index >= 15 is 0 Å². The van der Waals surface area contributed by atoms with E-state index in [1.54, 1.807) is 6.08 Å². The van der Waals surface area contributed by atoms with Crippen LogP contribution >= 0.6 is 0 Å². The first-order chi connectivity index (χ1) is 4.31. The smallest absolute Gasteiger partial charge is 0.122 e. The standard InChI is InChI=1S/C7H12O2/c1-2-3-4-7(9)5-6-8/h2,6-7,9H,1,3-5H2. The average Bonchev–Trinajstić information content (AvgIpc) is 1.85. The highest BCUT2D eigenvalue weighted by Gasteiger charge is 1.99. The fourth-order valence-electron chi connectivity index (χ4n) is 0.539. The topological polar surface area (TPSA) is 37.3 Å². The molecule has 52 valence electrons. The first-order valence-electron chi connectivity index (χ1n) is 3.04. The number of aliphatic hydroxyl groups is 1. The zero-order valence-electron chi connectivity index (χ0n) is 5.42. The largest absolute Gasteiger partial charge is 0.393 e. The molecular weight excluding hydrogens is 116 g/mol. The Bertz CT molecular complexity index is 88.9. The van der Waals surface area contributed by atoms with Gasteiger partial charge >= 0.3 is 0 Å². The first kappa shape index (κ1) is 8.37. The van der Waals surface area contributed by atoms with Crippen LogP contribution in [0.2, 0.25) is 0 Å². The number of hydrogen-bond acceptors (Lipinski definition) is 2. The third kappa shape index (κ3) is 5.24. The fourth-order valence-corrected chi connectivity index (χ4v) is 0.539. The lowest BCUT2D eigenvalue weighted by Gasteiger charge is -2.01. The monoisotopic (exact) mass is 128 g/mol. The Balaban J connectivity index is 3.14. The van der Waals surface area contributed by atoms with Gasteiger partial charge in [-0.05, 0) is 12.8 Å². The van der Waals surface area contributed by atoms with Crippen LogP contribution in [0.1, 0.15) is 19.3 Å². The van der Waals surface area contributed by atoms with E-state index in [2.05, 4.69) is 6.58 Å². The lowest BCUT2D eigenvalue weighted by molar-refractivity contribution is -0.109. The van der Waals surface area contributed by atoms with Crippen molar-refractivity contribution in [3.63, 3.8) is 0 Å². The van der Waals surface area contributed by atoms with Crippen LogP contribution in [0.5, 0.6) is 0 Å². The summed E-state index contributed by atoms with van der Waals surface area (Å²) < 4.78 is 0. The van der Waals surface area contributed by atoms with Crippen LogP contribution in [0.4, 0.5) is 0 Å². The number of hydrogen-bond donors (Lipinski definition) is 1. The van der Waals surface area contributed by atoms with Crippen LogP contribution in [-0.4, -0.2) is 17.5 Å². The molecule has 0 heterocycles. The number of allylic oxidation sites excluding steroid dienone is 1. The third-order valence-corrected chi connectivity index (χ3v) is 1.07. The Hall–Kier alpha value is -0.630. The second kappa shape index (κ2) is 5.51. The first-order valence-corrected chi connectivity index (χ1v) is 3.04. The van der Waals surface area contributed by atoms with Crippen molar-refractivity contribution in [2.24, 2.45) is 0 Å². The maximum atomic E-state index is 9.79. The molecule has 0 aliphatic carbocycles. The van der Waals surface area contributed by atoms with Crippen molar-refractivity contribution in [1.82, 2.24) is 0 Å². The Labute approximate surface area is 55.2 Å². The molecule has 0 aromatic rings. The van der Waals surface area contributed by atoms with Gasteiger partial charge in [0.15, 0.2) is 0 Å². The maximum absolute atomic E-state index is 9.79. The molecule has 9 heavy (non-hydrogen) atoms. The SMILES string of the molecule is C=CCCC(O)CC=O. The highest BCUT2D eigenvalue weighted by molar-refractivity contribution is 5.49. The van der Waals surface area contributed by atoms with Crippen molar-refractivity contribution in [3.8, 4) is 0 Å². The van der Waals surface area contributed by atoms with Gasteiger partial charge in [-0.2, -0.15) is 0 Å². The summed E-state index contributed by atoms with van der Waals surface area (Å²) in [7, 11) is 0. The van der Waals surface area contributed by atoms with E-state index in [9.17, 15) is 4.79 Å². The van der Waals surface area contributed by atoms with E-state index in [4.69, 9.17) is 5.11 Å². The van der Waals surface area contributed by atoms with Crippen LogP contribution in [0.3, 0.4) is 0 Å². The molecule has 0 spiro atoms. The molecule has 0 aromatic carbocycles. The number of carbonyl (C=O) groups excluding carboxylic acids is 1. The lowest BCUT2D eigenvalue weighted by Crippen LogP contribution is -2.05. The summed E-state index contributed by atoms with van der Waals surface area (Å²) >= 11 is 0. The fraction of sp³-hybridized carbons (Fsp3) is 0.571. The quantitative estimate of drug-likeness (QED) is 0.441. The minimum Gasteiger partial charge on any atom is -0.393 e. The molecular formula is C7H12O2. The van der Waals surface area contributed by atoms with Crippen molar-refractivity contribution in [3.05, 3.63) is 12.7 Å². The summed E-state index contributed by atoms with van der Waals surface area (Å²) in [6, 6.07) is 0. The van der Waals surface area contributed by atoms with E-state index < -0.39 is 6.10 Å². The van der Waals surface area contributed by atoms with Gasteiger partial charge in [-0.25, -0.2) is 0 Å². The van der Waals surface area contributed by atoms with Crippen LogP contribution in [0.15, 0.2) is 12.7 Å². The molecule has 2 nitrogen and oxygen atoms in total. The number of aldehydes is 1. The van der Waals surface area contributed by atoms with Gasteiger partial charge in [-0.1, -0.05) is 6.08 Å². The molecule has 0 rings (SSSR count). The normalized spacial score (nSPS) is 12.6. The molecule has 0 saturated heterocycles. The van der Waals surface area contributed by atoms with Crippen LogP contribution in [0.25, 0.3) is 0 Å². The average molecular weight is 128 g/mol. The summed E-state index contributed by atoms with van der Waals surface area (Å²) in [4.78, 5) is 9.79. The molecule has 0 amide bonds. The van der Waals surface area contributed by atoms with Gasteiger partial charge in [-0.3, -0.25) is 0 Å². The minimum atomic E-state index is -0.472. The van der Waals surface area contributed by atoms with Gasteiger partial charge < -0.3 is 9.90 Å². The van der Waals surface area contributed by atoms with Crippen molar-refractivity contribution >= 4 is 6.29 Å². The summed E-state index contributed by atoms with van der Waals surface area (Å²) in [5, 5.41) is 8.90. The van der Waals surface area contributed by atoms with Gasteiger partial charge in [0, 0.05) is 6.42 Å². The van der Waals surface area contributed by atoms with Crippen molar-refractivity contribution in [2.45, 2.75) is 25.4 Å². The molecule has 0 aromatic heterocycles. The van der Waals surface area contributed by atoms with E-state index in [1.165, 1.54) is 0 Å². The Morgan fingerprint density at radius 1 is 1.67 bits per heavy atom. The van der Waals surface area contributed by atoms with Gasteiger partial charge in [-0.15, -0.1) is 6.58 Å². The Kier molecular flexibility index (Phi) is 5.12. The Morgan fingerprint density at radius 2 is 2.33 bits per heavy atom. The molecule has 1 atom stereocenters. The molecule has 0 fully saturated rings. The minimum absolute atomic E-state index is 0.244. The van der Waals surface area contributed by atoms with E-state index in [0.717, 1.165) is 12.7 Å². The summed E-state index contributed by atoms with van der Waals surface area (Å²) in [6.45, 7) is 3.49. The second-order valence-corrected chi connectivity index (χ2v) is 1.92. The molecule has 0 aliphatic heterocycles.